The summed E-state index contributed by atoms with van der Waals surface area (Å²) in [6, 6.07) is 13.1. The van der Waals surface area contributed by atoms with Gasteiger partial charge in [0.2, 0.25) is 5.91 Å². The van der Waals surface area contributed by atoms with Crippen molar-refractivity contribution in [2.75, 3.05) is 55.6 Å². The Morgan fingerprint density at radius 1 is 0.806 bits per heavy atom. The van der Waals surface area contributed by atoms with E-state index in [2.05, 4.69) is 73.5 Å². The van der Waals surface area contributed by atoms with E-state index in [0.717, 1.165) is 89.7 Å². The zero-order valence-electron chi connectivity index (χ0n) is 21.9. The van der Waals surface area contributed by atoms with Crippen molar-refractivity contribution in [1.29, 1.82) is 0 Å². The Kier molecular flexibility index (Phi) is 8.36. The number of nitrogens with one attached hydrogen (secondary N) is 1. The molecule has 1 amide bonds. The molecule has 3 aliphatic rings. The van der Waals surface area contributed by atoms with Crippen LogP contribution in [0.3, 0.4) is 0 Å². The Hall–Kier alpha value is -2.67. The predicted octanol–water partition coefficient (Wildman–Crippen LogP) is 4.02. The lowest BCUT2D eigenvalue weighted by Gasteiger charge is -2.34. The number of aromatic nitrogens is 2. The smallest absolute Gasteiger partial charge is 0.223 e. The minimum Gasteiger partial charge on any atom is -0.356 e. The summed E-state index contributed by atoms with van der Waals surface area (Å²) in [7, 11) is 0. The highest BCUT2D eigenvalue weighted by Gasteiger charge is 2.27. The van der Waals surface area contributed by atoms with Crippen LogP contribution in [-0.4, -0.2) is 66.8 Å². The largest absolute Gasteiger partial charge is 0.356 e. The SMILES string of the molecule is Cc1ccc(CN2CCC(CNC(=O)C3CCN(c4ccc(N5CCCCC5)nn4)CC3)CC2)cc1. The molecule has 0 radical (unpaired) electrons. The normalized spacial score (nSPS) is 20.5. The average Bonchev–Trinajstić information content (AvgIpc) is 2.94. The first-order chi connectivity index (χ1) is 17.6. The van der Waals surface area contributed by atoms with E-state index in [0.29, 0.717) is 5.92 Å². The number of amides is 1. The van der Waals surface area contributed by atoms with Gasteiger partial charge >= 0.3 is 0 Å². The van der Waals surface area contributed by atoms with Crippen LogP contribution in [0.2, 0.25) is 0 Å². The van der Waals surface area contributed by atoms with E-state index in [1.54, 1.807) is 0 Å². The molecule has 5 rings (SSSR count). The Labute approximate surface area is 216 Å². The predicted molar refractivity (Wildman–Crippen MR) is 145 cm³/mol. The number of carbonyl (C=O) groups excluding carboxylic acids is 1. The van der Waals surface area contributed by atoms with Gasteiger partial charge in [-0.1, -0.05) is 29.8 Å². The maximum Gasteiger partial charge on any atom is 0.223 e. The molecule has 4 heterocycles. The summed E-state index contributed by atoms with van der Waals surface area (Å²) in [5, 5.41) is 12.3. The molecular weight excluding hydrogens is 448 g/mol. The van der Waals surface area contributed by atoms with Gasteiger partial charge in [0.05, 0.1) is 0 Å². The number of rotatable bonds is 7. The lowest BCUT2D eigenvalue weighted by Crippen LogP contribution is -2.43. The molecule has 0 spiro atoms. The molecule has 0 unspecified atom stereocenters. The van der Waals surface area contributed by atoms with E-state index in [-0.39, 0.29) is 11.8 Å². The molecule has 0 bridgehead atoms. The van der Waals surface area contributed by atoms with Gasteiger partial charge in [0.15, 0.2) is 11.6 Å². The zero-order valence-corrected chi connectivity index (χ0v) is 21.9. The van der Waals surface area contributed by atoms with Gasteiger partial charge in [-0.3, -0.25) is 9.69 Å². The van der Waals surface area contributed by atoms with Crippen molar-refractivity contribution in [3.8, 4) is 0 Å². The monoisotopic (exact) mass is 490 g/mol. The molecule has 194 valence electrons. The quantitative estimate of drug-likeness (QED) is 0.633. The molecule has 0 saturated carbocycles. The van der Waals surface area contributed by atoms with E-state index >= 15 is 0 Å². The second-order valence-electron chi connectivity index (χ2n) is 11.0. The summed E-state index contributed by atoms with van der Waals surface area (Å²) in [6.45, 7) is 10.1. The topological polar surface area (TPSA) is 64.6 Å². The maximum absolute atomic E-state index is 12.9. The standard InChI is InChI=1S/C29H42N6O/c1-23-5-7-25(8-6-23)22-33-17-11-24(12-18-33)21-30-29(36)26-13-19-35(20-14-26)28-10-9-27(31-32-28)34-15-3-2-4-16-34/h5-10,24,26H,2-4,11-22H2,1H3,(H,30,36). The van der Waals surface area contributed by atoms with Crippen molar-refractivity contribution in [1.82, 2.24) is 20.4 Å². The fraction of sp³-hybridized carbons (Fsp3) is 0.621. The van der Waals surface area contributed by atoms with Crippen LogP contribution >= 0.6 is 0 Å². The second-order valence-corrected chi connectivity index (χ2v) is 11.0. The highest BCUT2D eigenvalue weighted by Crippen LogP contribution is 2.24. The third-order valence-electron chi connectivity index (χ3n) is 8.31. The molecule has 1 N–H and O–H groups in total. The number of carbonyl (C=O) groups is 1. The third-order valence-corrected chi connectivity index (χ3v) is 8.31. The summed E-state index contributed by atoms with van der Waals surface area (Å²) >= 11 is 0. The Morgan fingerprint density at radius 2 is 1.42 bits per heavy atom. The Bertz CT molecular complexity index is 956. The molecule has 7 heteroatoms. The lowest BCUT2D eigenvalue weighted by molar-refractivity contribution is -0.125. The Balaban J connectivity index is 1.00. The van der Waals surface area contributed by atoms with Crippen molar-refractivity contribution in [3.05, 3.63) is 47.5 Å². The summed E-state index contributed by atoms with van der Waals surface area (Å²) in [4.78, 5) is 20.0. The Morgan fingerprint density at radius 3 is 2.03 bits per heavy atom. The van der Waals surface area contributed by atoms with Crippen molar-refractivity contribution in [2.45, 2.75) is 58.4 Å². The van der Waals surface area contributed by atoms with E-state index in [1.165, 1.54) is 30.4 Å². The number of piperidine rings is 3. The van der Waals surface area contributed by atoms with Gasteiger partial charge in [0.25, 0.3) is 0 Å². The molecule has 2 aromatic rings. The van der Waals surface area contributed by atoms with E-state index < -0.39 is 0 Å². The molecule has 7 nitrogen and oxygen atoms in total. The van der Waals surface area contributed by atoms with Gasteiger partial charge < -0.3 is 15.1 Å². The van der Waals surface area contributed by atoms with Crippen LogP contribution in [-0.2, 0) is 11.3 Å². The summed E-state index contributed by atoms with van der Waals surface area (Å²) in [5.74, 6) is 2.88. The second kappa shape index (κ2) is 12.0. The van der Waals surface area contributed by atoms with E-state index in [9.17, 15) is 4.79 Å². The maximum atomic E-state index is 12.9. The van der Waals surface area contributed by atoms with Gasteiger partial charge in [-0.2, -0.15) is 0 Å². The molecule has 36 heavy (non-hydrogen) atoms. The van der Waals surface area contributed by atoms with Gasteiger partial charge in [-0.15, -0.1) is 10.2 Å². The first kappa shape index (κ1) is 25.0. The lowest BCUT2D eigenvalue weighted by atomic mass is 9.94. The highest BCUT2D eigenvalue weighted by atomic mass is 16.1. The molecule has 3 fully saturated rings. The third kappa shape index (κ3) is 6.55. The van der Waals surface area contributed by atoms with E-state index in [4.69, 9.17) is 0 Å². The summed E-state index contributed by atoms with van der Waals surface area (Å²) < 4.78 is 0. The summed E-state index contributed by atoms with van der Waals surface area (Å²) in [5.41, 5.74) is 2.71. The fourth-order valence-electron chi connectivity index (χ4n) is 5.84. The van der Waals surface area contributed by atoms with Crippen LogP contribution in [0.4, 0.5) is 11.6 Å². The first-order valence-corrected chi connectivity index (χ1v) is 14.0. The van der Waals surface area contributed by atoms with Crippen LogP contribution in [0, 0.1) is 18.8 Å². The van der Waals surface area contributed by atoms with Crippen molar-refractivity contribution in [2.24, 2.45) is 11.8 Å². The molecule has 3 saturated heterocycles. The first-order valence-electron chi connectivity index (χ1n) is 14.0. The van der Waals surface area contributed by atoms with Crippen molar-refractivity contribution >= 4 is 17.5 Å². The number of likely N-dealkylation sites (tertiary alicyclic amines) is 1. The zero-order chi connectivity index (χ0) is 24.7. The summed E-state index contributed by atoms with van der Waals surface area (Å²) in [6.07, 6.45) is 7.90. The molecule has 1 aromatic heterocycles. The number of anilines is 2. The molecule has 0 atom stereocenters. The van der Waals surface area contributed by atoms with Crippen LogP contribution in [0.15, 0.2) is 36.4 Å². The molecule has 0 aliphatic carbocycles. The number of benzene rings is 1. The average molecular weight is 491 g/mol. The number of hydrogen-bond acceptors (Lipinski definition) is 6. The van der Waals surface area contributed by atoms with Crippen LogP contribution in [0.25, 0.3) is 0 Å². The molecule has 1 aromatic carbocycles. The van der Waals surface area contributed by atoms with Crippen molar-refractivity contribution in [3.63, 3.8) is 0 Å². The van der Waals surface area contributed by atoms with Crippen LogP contribution < -0.4 is 15.1 Å². The fourth-order valence-corrected chi connectivity index (χ4v) is 5.84. The van der Waals surface area contributed by atoms with Gasteiger partial charge in [0, 0.05) is 45.2 Å². The number of nitrogens with zero attached hydrogens (tertiary/aromatic N) is 5. The van der Waals surface area contributed by atoms with Crippen LogP contribution in [0.1, 0.15) is 56.1 Å². The van der Waals surface area contributed by atoms with Gasteiger partial charge in [0.1, 0.15) is 0 Å². The number of hydrogen-bond donors (Lipinski definition) is 1. The molecule has 3 aliphatic heterocycles. The minimum absolute atomic E-state index is 0.114. The van der Waals surface area contributed by atoms with Crippen LogP contribution in [0.5, 0.6) is 0 Å². The van der Waals surface area contributed by atoms with Crippen molar-refractivity contribution < 1.29 is 4.79 Å². The molecular formula is C29H42N6O. The number of aryl methyl sites for hydroxylation is 1. The highest BCUT2D eigenvalue weighted by molar-refractivity contribution is 5.79. The van der Waals surface area contributed by atoms with E-state index in [1.807, 2.05) is 0 Å². The van der Waals surface area contributed by atoms with Gasteiger partial charge in [-0.05, 0) is 88.6 Å². The van der Waals surface area contributed by atoms with Gasteiger partial charge in [-0.25, -0.2) is 0 Å². The minimum atomic E-state index is 0.114.